The number of rotatable bonds is 0. The highest BCUT2D eigenvalue weighted by Gasteiger charge is 2.33. The topological polar surface area (TPSA) is 47.6 Å². The summed E-state index contributed by atoms with van der Waals surface area (Å²) in [6.45, 7) is 1.06. The van der Waals surface area contributed by atoms with Crippen molar-refractivity contribution in [2.75, 3.05) is 13.3 Å². The molecule has 1 unspecified atom stereocenters. The number of fused-ring (bicyclic) bond motifs is 1. The molecule has 2 heterocycles. The monoisotopic (exact) mass is 193 g/mol. The molecule has 3 aliphatic rings. The lowest BCUT2D eigenvalue weighted by Gasteiger charge is -2.27. The van der Waals surface area contributed by atoms with E-state index >= 15 is 0 Å². The Labute approximate surface area is 81.6 Å². The zero-order valence-corrected chi connectivity index (χ0v) is 7.71. The molecule has 1 N–H and O–H groups in total. The SMILES string of the molecule is O=C1NCCC2CC3=C(C=C12)OCO3. The maximum Gasteiger partial charge on any atom is 0.247 e. The average Bonchev–Trinajstić information content (AvgIpc) is 2.62. The third-order valence-corrected chi connectivity index (χ3v) is 2.92. The lowest BCUT2D eigenvalue weighted by atomic mass is 9.84. The Morgan fingerprint density at radius 2 is 2.36 bits per heavy atom. The Hall–Kier alpha value is -1.45. The van der Waals surface area contributed by atoms with Crippen LogP contribution in [0.2, 0.25) is 0 Å². The summed E-state index contributed by atoms with van der Waals surface area (Å²) in [6, 6.07) is 0. The maximum atomic E-state index is 11.5. The van der Waals surface area contributed by atoms with Gasteiger partial charge in [-0.2, -0.15) is 0 Å². The highest BCUT2D eigenvalue weighted by atomic mass is 16.7. The molecule has 3 rings (SSSR count). The van der Waals surface area contributed by atoms with Gasteiger partial charge in [0.25, 0.3) is 0 Å². The van der Waals surface area contributed by atoms with Gasteiger partial charge in [-0.25, -0.2) is 0 Å². The van der Waals surface area contributed by atoms with Gasteiger partial charge in [0.05, 0.1) is 0 Å². The summed E-state index contributed by atoms with van der Waals surface area (Å²) < 4.78 is 10.6. The molecule has 0 spiro atoms. The van der Waals surface area contributed by atoms with Gasteiger partial charge in [0.1, 0.15) is 5.76 Å². The molecule has 1 saturated heterocycles. The van der Waals surface area contributed by atoms with Gasteiger partial charge in [-0.15, -0.1) is 0 Å². The predicted octanol–water partition coefficient (Wildman–Crippen LogP) is 0.668. The van der Waals surface area contributed by atoms with Crippen LogP contribution < -0.4 is 5.32 Å². The summed E-state index contributed by atoms with van der Waals surface area (Å²) in [7, 11) is 0. The van der Waals surface area contributed by atoms with E-state index in [4.69, 9.17) is 9.47 Å². The molecule has 0 aromatic carbocycles. The summed E-state index contributed by atoms with van der Waals surface area (Å²) >= 11 is 0. The molecule has 1 fully saturated rings. The van der Waals surface area contributed by atoms with Crippen molar-refractivity contribution in [2.24, 2.45) is 5.92 Å². The van der Waals surface area contributed by atoms with Crippen molar-refractivity contribution in [1.82, 2.24) is 5.32 Å². The number of allylic oxidation sites excluding steroid dienone is 2. The van der Waals surface area contributed by atoms with E-state index in [-0.39, 0.29) is 5.91 Å². The third kappa shape index (κ3) is 1.03. The van der Waals surface area contributed by atoms with E-state index in [2.05, 4.69) is 5.32 Å². The average molecular weight is 193 g/mol. The second kappa shape index (κ2) is 2.77. The minimum absolute atomic E-state index is 0.0447. The molecule has 14 heavy (non-hydrogen) atoms. The quantitative estimate of drug-likeness (QED) is 0.615. The summed E-state index contributed by atoms with van der Waals surface area (Å²) in [5.41, 5.74) is 0.848. The van der Waals surface area contributed by atoms with Crippen LogP contribution in [0, 0.1) is 5.92 Å². The van der Waals surface area contributed by atoms with E-state index in [1.54, 1.807) is 0 Å². The summed E-state index contributed by atoms with van der Waals surface area (Å²) in [5.74, 6) is 2.02. The Bertz CT molecular complexity index is 356. The summed E-state index contributed by atoms with van der Waals surface area (Å²) in [5, 5.41) is 2.83. The Kier molecular flexibility index (Phi) is 1.56. The molecule has 2 aliphatic heterocycles. The molecular formula is C10H11NO3. The first-order chi connectivity index (χ1) is 6.84. The number of ether oxygens (including phenoxy) is 2. The highest BCUT2D eigenvalue weighted by Crippen LogP contribution is 2.36. The van der Waals surface area contributed by atoms with Crippen LogP contribution in [-0.2, 0) is 14.3 Å². The first-order valence-electron chi connectivity index (χ1n) is 4.83. The molecular weight excluding hydrogens is 182 g/mol. The van der Waals surface area contributed by atoms with Gasteiger partial charge >= 0.3 is 0 Å². The van der Waals surface area contributed by atoms with Crippen LogP contribution in [0.1, 0.15) is 12.8 Å². The second-order valence-corrected chi connectivity index (χ2v) is 3.74. The van der Waals surface area contributed by atoms with E-state index in [0.29, 0.717) is 12.7 Å². The van der Waals surface area contributed by atoms with Crippen molar-refractivity contribution in [3.8, 4) is 0 Å². The summed E-state index contributed by atoms with van der Waals surface area (Å²) in [6.07, 6.45) is 3.64. The smallest absolute Gasteiger partial charge is 0.247 e. The van der Waals surface area contributed by atoms with Gasteiger partial charge in [0.2, 0.25) is 12.7 Å². The maximum absolute atomic E-state index is 11.5. The number of carbonyl (C=O) groups is 1. The number of piperidine rings is 1. The van der Waals surface area contributed by atoms with Crippen LogP contribution in [0.4, 0.5) is 0 Å². The normalized spacial score (nSPS) is 29.6. The lowest BCUT2D eigenvalue weighted by molar-refractivity contribution is -0.119. The van der Waals surface area contributed by atoms with Crippen LogP contribution in [0.15, 0.2) is 23.2 Å². The molecule has 0 aromatic rings. The van der Waals surface area contributed by atoms with Crippen molar-refractivity contribution >= 4 is 5.91 Å². The van der Waals surface area contributed by atoms with Crippen LogP contribution in [0.5, 0.6) is 0 Å². The van der Waals surface area contributed by atoms with Crippen LogP contribution in [0.25, 0.3) is 0 Å². The summed E-state index contributed by atoms with van der Waals surface area (Å²) in [4.78, 5) is 11.5. The first kappa shape index (κ1) is 7.91. The van der Waals surface area contributed by atoms with Crippen LogP contribution in [-0.4, -0.2) is 19.2 Å². The fourth-order valence-electron chi connectivity index (χ4n) is 2.16. The van der Waals surface area contributed by atoms with Gasteiger partial charge in [0, 0.05) is 18.5 Å². The zero-order chi connectivity index (χ0) is 9.54. The second-order valence-electron chi connectivity index (χ2n) is 3.74. The van der Waals surface area contributed by atoms with Gasteiger partial charge in [-0.1, -0.05) is 0 Å². The largest absolute Gasteiger partial charge is 0.458 e. The van der Waals surface area contributed by atoms with Crippen molar-refractivity contribution in [2.45, 2.75) is 12.8 Å². The van der Waals surface area contributed by atoms with Crippen LogP contribution in [0.3, 0.4) is 0 Å². The highest BCUT2D eigenvalue weighted by molar-refractivity contribution is 5.95. The molecule has 1 aliphatic carbocycles. The molecule has 0 saturated carbocycles. The fourth-order valence-corrected chi connectivity index (χ4v) is 2.16. The molecule has 4 heteroatoms. The van der Waals surface area contributed by atoms with E-state index < -0.39 is 0 Å². The number of nitrogens with one attached hydrogen (secondary N) is 1. The molecule has 1 amide bonds. The first-order valence-corrected chi connectivity index (χ1v) is 4.83. The van der Waals surface area contributed by atoms with Crippen molar-refractivity contribution < 1.29 is 14.3 Å². The third-order valence-electron chi connectivity index (χ3n) is 2.92. The lowest BCUT2D eigenvalue weighted by Crippen LogP contribution is -2.37. The van der Waals surface area contributed by atoms with Crippen molar-refractivity contribution in [1.29, 1.82) is 0 Å². The molecule has 1 atom stereocenters. The minimum Gasteiger partial charge on any atom is -0.458 e. The number of carbonyl (C=O) groups excluding carboxylic acids is 1. The molecule has 4 nitrogen and oxygen atoms in total. The van der Waals surface area contributed by atoms with E-state index in [0.717, 1.165) is 36.5 Å². The Balaban J connectivity index is 1.98. The van der Waals surface area contributed by atoms with E-state index in [9.17, 15) is 4.79 Å². The predicted molar refractivity (Wildman–Crippen MR) is 47.9 cm³/mol. The van der Waals surface area contributed by atoms with E-state index in [1.807, 2.05) is 6.08 Å². The molecule has 0 radical (unpaired) electrons. The van der Waals surface area contributed by atoms with Crippen LogP contribution >= 0.6 is 0 Å². The van der Waals surface area contributed by atoms with Gasteiger partial charge in [-0.05, 0) is 18.4 Å². The number of hydrogen-bond donors (Lipinski definition) is 1. The van der Waals surface area contributed by atoms with E-state index in [1.165, 1.54) is 0 Å². The standard InChI is InChI=1S/C10H11NO3/c12-10-7-4-9-8(13-5-14-9)3-6(7)1-2-11-10/h4,6H,1-3,5H2,(H,11,12). The minimum atomic E-state index is 0.0447. The molecule has 0 aromatic heterocycles. The number of hydrogen-bond acceptors (Lipinski definition) is 3. The van der Waals surface area contributed by atoms with Crippen molar-refractivity contribution in [3.05, 3.63) is 23.2 Å². The van der Waals surface area contributed by atoms with Gasteiger partial charge in [-0.3, -0.25) is 4.79 Å². The fraction of sp³-hybridized carbons (Fsp3) is 0.500. The Morgan fingerprint density at radius 3 is 3.29 bits per heavy atom. The van der Waals surface area contributed by atoms with Crippen molar-refractivity contribution in [3.63, 3.8) is 0 Å². The number of amides is 1. The van der Waals surface area contributed by atoms with Gasteiger partial charge in [0.15, 0.2) is 5.76 Å². The van der Waals surface area contributed by atoms with Gasteiger partial charge < -0.3 is 14.8 Å². The molecule has 74 valence electrons. The zero-order valence-electron chi connectivity index (χ0n) is 7.71. The molecule has 0 bridgehead atoms. The Morgan fingerprint density at radius 1 is 1.43 bits per heavy atom.